The van der Waals surface area contributed by atoms with Crippen LogP contribution in [0.15, 0.2) is 18.3 Å². The Bertz CT molecular complexity index is 376. The third-order valence-corrected chi connectivity index (χ3v) is 1.69. The number of hydrogen-bond donors (Lipinski definition) is 2. The fourth-order valence-electron chi connectivity index (χ4n) is 0.891. The summed E-state index contributed by atoms with van der Waals surface area (Å²) in [6.07, 6.45) is 1.22. The SMILES string of the molecule is C[C@@H](Nc1ccc([N+](=O)[O-])nc1)C(=O)O. The van der Waals surface area contributed by atoms with Gasteiger partial charge in [0.05, 0.1) is 5.69 Å². The van der Waals surface area contributed by atoms with Gasteiger partial charge in [-0.1, -0.05) is 0 Å². The Hall–Kier alpha value is -2.18. The van der Waals surface area contributed by atoms with Gasteiger partial charge >= 0.3 is 11.8 Å². The molecule has 7 nitrogen and oxygen atoms in total. The van der Waals surface area contributed by atoms with Crippen molar-refractivity contribution in [3.05, 3.63) is 28.4 Å². The maximum Gasteiger partial charge on any atom is 0.363 e. The molecular weight excluding hydrogens is 202 g/mol. The molecule has 1 aromatic heterocycles. The molecule has 1 atom stereocenters. The molecule has 1 rings (SSSR count). The first-order valence-electron chi connectivity index (χ1n) is 4.10. The summed E-state index contributed by atoms with van der Waals surface area (Å²) in [5, 5.41) is 21.5. The van der Waals surface area contributed by atoms with Crippen LogP contribution in [0.5, 0.6) is 0 Å². The zero-order valence-electron chi connectivity index (χ0n) is 7.88. The molecule has 0 bridgehead atoms. The largest absolute Gasteiger partial charge is 0.480 e. The molecule has 0 saturated carbocycles. The molecule has 0 radical (unpaired) electrons. The number of pyridine rings is 1. The van der Waals surface area contributed by atoms with Gasteiger partial charge in [-0.15, -0.1) is 0 Å². The summed E-state index contributed by atoms with van der Waals surface area (Å²) < 4.78 is 0. The molecule has 0 aromatic carbocycles. The Labute approximate surface area is 84.9 Å². The number of aliphatic carboxylic acids is 1. The van der Waals surface area contributed by atoms with Crippen molar-refractivity contribution in [3.8, 4) is 0 Å². The fourth-order valence-corrected chi connectivity index (χ4v) is 0.891. The van der Waals surface area contributed by atoms with Gasteiger partial charge in [0.1, 0.15) is 6.04 Å². The van der Waals surface area contributed by atoms with Crippen molar-refractivity contribution in [1.29, 1.82) is 0 Å². The maximum atomic E-state index is 10.5. The fraction of sp³-hybridized carbons (Fsp3) is 0.250. The van der Waals surface area contributed by atoms with Crippen LogP contribution in [0.25, 0.3) is 0 Å². The molecule has 80 valence electrons. The van der Waals surface area contributed by atoms with Gasteiger partial charge in [0.15, 0.2) is 6.20 Å². The maximum absolute atomic E-state index is 10.5. The molecule has 0 fully saturated rings. The zero-order valence-corrected chi connectivity index (χ0v) is 7.88. The van der Waals surface area contributed by atoms with E-state index in [0.717, 1.165) is 0 Å². The van der Waals surface area contributed by atoms with Crippen molar-refractivity contribution in [2.45, 2.75) is 13.0 Å². The smallest absolute Gasteiger partial charge is 0.363 e. The lowest BCUT2D eigenvalue weighted by atomic mass is 10.3. The highest BCUT2D eigenvalue weighted by Crippen LogP contribution is 2.12. The summed E-state index contributed by atoms with van der Waals surface area (Å²) in [6.45, 7) is 1.46. The van der Waals surface area contributed by atoms with E-state index in [1.807, 2.05) is 0 Å². The van der Waals surface area contributed by atoms with Gasteiger partial charge < -0.3 is 20.5 Å². The lowest BCUT2D eigenvalue weighted by Crippen LogP contribution is -2.25. The zero-order chi connectivity index (χ0) is 11.4. The second-order valence-corrected chi connectivity index (χ2v) is 2.87. The lowest BCUT2D eigenvalue weighted by molar-refractivity contribution is -0.389. The number of nitrogens with zero attached hydrogens (tertiary/aromatic N) is 2. The average molecular weight is 211 g/mol. The number of nitro groups is 1. The molecule has 0 spiro atoms. The van der Waals surface area contributed by atoms with Crippen molar-refractivity contribution in [2.75, 3.05) is 5.32 Å². The molecule has 15 heavy (non-hydrogen) atoms. The van der Waals surface area contributed by atoms with Crippen molar-refractivity contribution in [2.24, 2.45) is 0 Å². The first-order valence-corrected chi connectivity index (χ1v) is 4.10. The number of hydrogen-bond acceptors (Lipinski definition) is 5. The number of carbonyl (C=O) groups is 1. The molecule has 0 amide bonds. The Morgan fingerprint density at radius 2 is 2.33 bits per heavy atom. The molecule has 0 aliphatic rings. The van der Waals surface area contributed by atoms with E-state index < -0.39 is 16.9 Å². The minimum absolute atomic E-state index is 0.275. The minimum Gasteiger partial charge on any atom is -0.480 e. The van der Waals surface area contributed by atoms with Gasteiger partial charge in [-0.25, -0.2) is 0 Å². The second kappa shape index (κ2) is 4.36. The Balaban J connectivity index is 2.72. The first-order chi connectivity index (χ1) is 7.00. The average Bonchev–Trinajstić information content (AvgIpc) is 2.18. The van der Waals surface area contributed by atoms with Gasteiger partial charge in [-0.3, -0.25) is 4.79 Å². The van der Waals surface area contributed by atoms with Gasteiger partial charge in [-0.05, 0) is 22.9 Å². The van der Waals surface area contributed by atoms with E-state index in [-0.39, 0.29) is 5.82 Å². The molecule has 0 aliphatic heterocycles. The van der Waals surface area contributed by atoms with Crippen molar-refractivity contribution < 1.29 is 14.8 Å². The third-order valence-electron chi connectivity index (χ3n) is 1.69. The van der Waals surface area contributed by atoms with Crippen LogP contribution in [-0.4, -0.2) is 27.0 Å². The highest BCUT2D eigenvalue weighted by molar-refractivity contribution is 5.76. The van der Waals surface area contributed by atoms with Crippen LogP contribution in [0, 0.1) is 10.1 Å². The first kappa shape index (κ1) is 10.9. The van der Waals surface area contributed by atoms with E-state index >= 15 is 0 Å². The third kappa shape index (κ3) is 2.90. The van der Waals surface area contributed by atoms with Gasteiger partial charge in [0.2, 0.25) is 0 Å². The highest BCUT2D eigenvalue weighted by atomic mass is 16.6. The quantitative estimate of drug-likeness (QED) is 0.565. The van der Waals surface area contributed by atoms with E-state index in [1.165, 1.54) is 25.3 Å². The summed E-state index contributed by atoms with van der Waals surface area (Å²) in [6, 6.07) is 1.84. The van der Waals surface area contributed by atoms with Gasteiger partial charge in [-0.2, -0.15) is 0 Å². The standard InChI is InChI=1S/C8H9N3O4/c1-5(8(12)13)10-6-2-3-7(9-4-6)11(14)15/h2-5,10H,1H3,(H,12,13)/t5-/m1/s1. The van der Waals surface area contributed by atoms with Crippen LogP contribution < -0.4 is 5.32 Å². The molecule has 0 aliphatic carbocycles. The molecule has 7 heteroatoms. The van der Waals surface area contributed by atoms with Crippen molar-refractivity contribution in [1.82, 2.24) is 4.98 Å². The van der Waals surface area contributed by atoms with Crippen molar-refractivity contribution >= 4 is 17.5 Å². The molecule has 1 heterocycles. The number of aromatic nitrogens is 1. The molecule has 1 aromatic rings. The molecule has 2 N–H and O–H groups in total. The Morgan fingerprint density at radius 3 is 2.73 bits per heavy atom. The van der Waals surface area contributed by atoms with Crippen LogP contribution >= 0.6 is 0 Å². The van der Waals surface area contributed by atoms with E-state index in [1.54, 1.807) is 0 Å². The normalized spacial score (nSPS) is 11.8. The Kier molecular flexibility index (Phi) is 3.17. The van der Waals surface area contributed by atoms with E-state index in [0.29, 0.717) is 5.69 Å². The molecule has 0 saturated heterocycles. The number of nitrogens with one attached hydrogen (secondary N) is 1. The number of carboxylic acid groups (broad SMARTS) is 1. The predicted molar refractivity (Wildman–Crippen MR) is 51.6 cm³/mol. The van der Waals surface area contributed by atoms with Crippen LogP contribution in [0.1, 0.15) is 6.92 Å². The van der Waals surface area contributed by atoms with Crippen LogP contribution in [0.3, 0.4) is 0 Å². The van der Waals surface area contributed by atoms with Crippen LogP contribution in [0.4, 0.5) is 11.5 Å². The van der Waals surface area contributed by atoms with E-state index in [4.69, 9.17) is 5.11 Å². The minimum atomic E-state index is -1.01. The lowest BCUT2D eigenvalue weighted by Gasteiger charge is -2.08. The number of carboxylic acids is 1. The monoisotopic (exact) mass is 211 g/mol. The second-order valence-electron chi connectivity index (χ2n) is 2.87. The summed E-state index contributed by atoms with van der Waals surface area (Å²) in [5.41, 5.74) is 0.426. The predicted octanol–water partition coefficient (Wildman–Crippen LogP) is 0.875. The molecule has 0 unspecified atom stereocenters. The summed E-state index contributed by atoms with van der Waals surface area (Å²) in [5.74, 6) is -1.28. The summed E-state index contributed by atoms with van der Waals surface area (Å²) in [7, 11) is 0. The van der Waals surface area contributed by atoms with Gasteiger partial charge in [0.25, 0.3) is 0 Å². The van der Waals surface area contributed by atoms with E-state index in [2.05, 4.69) is 10.3 Å². The number of rotatable bonds is 4. The summed E-state index contributed by atoms with van der Waals surface area (Å²) in [4.78, 5) is 23.7. The topological polar surface area (TPSA) is 105 Å². The summed E-state index contributed by atoms with van der Waals surface area (Å²) >= 11 is 0. The Morgan fingerprint density at radius 1 is 1.67 bits per heavy atom. The number of anilines is 1. The van der Waals surface area contributed by atoms with E-state index in [9.17, 15) is 14.9 Å². The molecular formula is C8H9N3O4. The van der Waals surface area contributed by atoms with Crippen LogP contribution in [-0.2, 0) is 4.79 Å². The van der Waals surface area contributed by atoms with Crippen molar-refractivity contribution in [3.63, 3.8) is 0 Å². The highest BCUT2D eigenvalue weighted by Gasteiger charge is 2.12. The van der Waals surface area contributed by atoms with Crippen LogP contribution in [0.2, 0.25) is 0 Å². The van der Waals surface area contributed by atoms with Gasteiger partial charge in [0, 0.05) is 6.07 Å².